The van der Waals surface area contributed by atoms with E-state index in [1.807, 2.05) is 0 Å². The summed E-state index contributed by atoms with van der Waals surface area (Å²) in [6, 6.07) is 3.58. The molecule has 0 aromatic rings. The summed E-state index contributed by atoms with van der Waals surface area (Å²) in [6.07, 6.45) is 23.9. The first kappa shape index (κ1) is 31.9. The summed E-state index contributed by atoms with van der Waals surface area (Å²) < 4.78 is 0. The molecule has 0 amide bonds. The molecule has 0 bridgehead atoms. The molecule has 6 aliphatic rings. The number of rotatable bonds is 3. The predicted octanol–water partition coefficient (Wildman–Crippen LogP) is 8.51. The molecule has 0 N–H and O–H groups in total. The van der Waals surface area contributed by atoms with Gasteiger partial charge in [-0.3, -0.25) is 0 Å². The van der Waals surface area contributed by atoms with Gasteiger partial charge in [0, 0.05) is 0 Å². The fraction of sp³-hybridized carbons (Fsp3) is 1.00. The maximum atomic E-state index is 4.66. The molecule has 6 nitrogen and oxygen atoms in total. The Hall–Kier alpha value is 0.383. The van der Waals surface area contributed by atoms with E-state index in [0.717, 1.165) is 39.3 Å². The van der Waals surface area contributed by atoms with E-state index < -0.39 is 0 Å². The quantitative estimate of drug-likeness (QED) is 0.291. The predicted molar refractivity (Wildman–Crippen MR) is 155 cm³/mol. The third-order valence-corrected chi connectivity index (χ3v) is 8.96. The average Bonchev–Trinajstić information content (AvgIpc) is 3.01. The monoisotopic (exact) mass is 600 g/mol. The Balaban J connectivity index is 0.000000152. The first-order chi connectivity index (χ1) is 17.9. The van der Waals surface area contributed by atoms with Crippen LogP contribution in [0.15, 0.2) is 0 Å². The van der Waals surface area contributed by atoms with Crippen molar-refractivity contribution >= 4 is 0 Å². The zero-order chi connectivity index (χ0) is 24.7. The van der Waals surface area contributed by atoms with Crippen LogP contribution in [0.25, 0.3) is 31.9 Å². The van der Waals surface area contributed by atoms with Crippen molar-refractivity contribution in [2.24, 2.45) is 0 Å². The maximum Gasteiger partial charge on any atom is 8.00 e. The third-order valence-electron chi connectivity index (χ3n) is 8.96. The third kappa shape index (κ3) is 11.8. The Labute approximate surface area is 241 Å². The molecule has 6 aliphatic heterocycles. The van der Waals surface area contributed by atoms with Crippen molar-refractivity contribution in [2.45, 2.75) is 152 Å². The fourth-order valence-corrected chi connectivity index (χ4v) is 6.77. The molecule has 0 aliphatic carbocycles. The van der Waals surface area contributed by atoms with Crippen LogP contribution in [-0.4, -0.2) is 75.5 Å². The van der Waals surface area contributed by atoms with Crippen LogP contribution >= 0.6 is 0 Å². The summed E-state index contributed by atoms with van der Waals surface area (Å²) >= 11 is 0. The van der Waals surface area contributed by atoms with E-state index in [1.165, 1.54) is 116 Å². The maximum absolute atomic E-state index is 4.66. The molecule has 0 aromatic heterocycles. The zero-order valence-electron chi connectivity index (χ0n) is 23.5. The van der Waals surface area contributed by atoms with E-state index in [9.17, 15) is 0 Å². The molecule has 37 heavy (non-hydrogen) atoms. The van der Waals surface area contributed by atoms with Crippen LogP contribution in [0, 0.1) is 0 Å². The van der Waals surface area contributed by atoms with Crippen molar-refractivity contribution < 1.29 is 19.5 Å². The van der Waals surface area contributed by atoms with Gasteiger partial charge in [-0.2, -0.15) is 36.3 Å². The van der Waals surface area contributed by atoms with Gasteiger partial charge >= 0.3 is 19.5 Å². The standard InChI is InChI=1S/3C10H18N2.Ru/c3*1-3-7-11-9(5-1)10-6-2-4-8-12-10;/h3*9-10H,1-8H2;/q3*-2;+8. The largest absolute Gasteiger partial charge is 8.00 e. The summed E-state index contributed by atoms with van der Waals surface area (Å²) in [5, 5.41) is 28.0. The Morgan fingerprint density at radius 2 is 0.405 bits per heavy atom. The zero-order valence-corrected chi connectivity index (χ0v) is 25.2. The van der Waals surface area contributed by atoms with Gasteiger partial charge < -0.3 is 31.9 Å². The molecule has 6 fully saturated rings. The molecular formula is C30H54N6Ru+2. The molecule has 6 rings (SSSR count). The van der Waals surface area contributed by atoms with Gasteiger partial charge in [0.1, 0.15) is 0 Å². The van der Waals surface area contributed by atoms with Gasteiger partial charge in [0.15, 0.2) is 0 Å². The van der Waals surface area contributed by atoms with E-state index in [-0.39, 0.29) is 19.5 Å². The van der Waals surface area contributed by atoms with Gasteiger partial charge in [-0.25, -0.2) is 0 Å². The SMILES string of the molecule is C1CCC(C2CCCC[N-]2)[N-]C1.C1CCC(C2CCCC[N-]2)[N-]C1.C1CCC(C2CCCC[N-]2)[N-]C1.[Ru+8]. The second kappa shape index (κ2) is 19.5. The summed E-state index contributed by atoms with van der Waals surface area (Å²) in [5.41, 5.74) is 0. The first-order valence-corrected chi connectivity index (χ1v) is 15.9. The van der Waals surface area contributed by atoms with Crippen LogP contribution in [-0.2, 0) is 19.5 Å². The van der Waals surface area contributed by atoms with Crippen LogP contribution in [0.5, 0.6) is 0 Å². The van der Waals surface area contributed by atoms with Crippen LogP contribution < -0.4 is 0 Å². The van der Waals surface area contributed by atoms with Gasteiger partial charge in [0.25, 0.3) is 0 Å². The molecule has 0 saturated carbocycles. The minimum absolute atomic E-state index is 0. The van der Waals surface area contributed by atoms with Gasteiger partial charge in [0.05, 0.1) is 0 Å². The van der Waals surface area contributed by atoms with Crippen molar-refractivity contribution in [3.8, 4) is 0 Å². The molecule has 7 heteroatoms. The molecule has 6 saturated heterocycles. The van der Waals surface area contributed by atoms with Crippen molar-refractivity contribution in [3.05, 3.63) is 31.9 Å². The number of nitrogens with zero attached hydrogens (tertiary/aromatic N) is 6. The number of hydrogen-bond acceptors (Lipinski definition) is 0. The molecule has 6 heterocycles. The Bertz CT molecular complexity index is 406. The fourth-order valence-electron chi connectivity index (χ4n) is 6.77. The summed E-state index contributed by atoms with van der Waals surface area (Å²) in [6.45, 7) is 6.56. The van der Waals surface area contributed by atoms with E-state index >= 15 is 0 Å². The van der Waals surface area contributed by atoms with Crippen molar-refractivity contribution in [2.75, 3.05) is 39.3 Å². The second-order valence-corrected chi connectivity index (χ2v) is 11.8. The molecular weight excluding hydrogens is 545 g/mol. The molecule has 210 valence electrons. The molecule has 0 aromatic carbocycles. The first-order valence-electron chi connectivity index (χ1n) is 15.9. The van der Waals surface area contributed by atoms with Crippen molar-refractivity contribution in [1.29, 1.82) is 0 Å². The molecule has 0 radical (unpaired) electrons. The Morgan fingerprint density at radius 1 is 0.243 bits per heavy atom. The van der Waals surface area contributed by atoms with Gasteiger partial charge in [0.2, 0.25) is 0 Å². The van der Waals surface area contributed by atoms with Crippen LogP contribution in [0.4, 0.5) is 0 Å². The minimum Gasteiger partial charge on any atom is -0.661 e. The number of hydrogen-bond donors (Lipinski definition) is 0. The van der Waals surface area contributed by atoms with Crippen LogP contribution in [0.1, 0.15) is 116 Å². The van der Waals surface area contributed by atoms with Crippen molar-refractivity contribution in [3.63, 3.8) is 0 Å². The normalized spacial score (nSPS) is 37.0. The van der Waals surface area contributed by atoms with E-state index in [0.29, 0.717) is 36.3 Å². The summed E-state index contributed by atoms with van der Waals surface area (Å²) in [7, 11) is 0. The van der Waals surface area contributed by atoms with Crippen molar-refractivity contribution in [1.82, 2.24) is 0 Å². The van der Waals surface area contributed by atoms with Gasteiger partial charge in [-0.15, -0.1) is 39.3 Å². The van der Waals surface area contributed by atoms with Crippen LogP contribution in [0.2, 0.25) is 0 Å². The number of piperidine rings is 6. The molecule has 6 atom stereocenters. The average molecular weight is 600 g/mol. The topological polar surface area (TPSA) is 84.6 Å². The molecule has 0 spiro atoms. The van der Waals surface area contributed by atoms with E-state index in [2.05, 4.69) is 31.9 Å². The molecule has 6 unspecified atom stereocenters. The van der Waals surface area contributed by atoms with E-state index in [1.54, 1.807) is 0 Å². The smallest absolute Gasteiger partial charge is 0.661 e. The summed E-state index contributed by atoms with van der Waals surface area (Å²) in [5.74, 6) is 0. The summed E-state index contributed by atoms with van der Waals surface area (Å²) in [4.78, 5) is 0. The Kier molecular flexibility index (Phi) is 16.8. The van der Waals surface area contributed by atoms with Crippen LogP contribution in [0.3, 0.4) is 0 Å². The minimum atomic E-state index is 0. The Morgan fingerprint density at radius 3 is 0.514 bits per heavy atom. The van der Waals surface area contributed by atoms with E-state index in [4.69, 9.17) is 0 Å². The second-order valence-electron chi connectivity index (χ2n) is 11.8. The van der Waals surface area contributed by atoms with Gasteiger partial charge in [-0.05, 0) is 0 Å². The van der Waals surface area contributed by atoms with Gasteiger partial charge in [-0.1, -0.05) is 116 Å².